The molecular formula is C16H25NO2. The second kappa shape index (κ2) is 6.92. The summed E-state index contributed by atoms with van der Waals surface area (Å²) in [5.41, 5.74) is 7.24. The van der Waals surface area contributed by atoms with Crippen LogP contribution in [-0.2, 0) is 4.74 Å². The van der Waals surface area contributed by atoms with Crippen molar-refractivity contribution in [1.29, 1.82) is 0 Å². The molecule has 0 aromatic heterocycles. The van der Waals surface area contributed by atoms with Crippen molar-refractivity contribution in [2.24, 2.45) is 5.92 Å². The lowest BCUT2D eigenvalue weighted by atomic mass is 9.85. The van der Waals surface area contributed by atoms with Crippen LogP contribution < -0.4 is 5.73 Å². The number of anilines is 1. The highest BCUT2D eigenvalue weighted by molar-refractivity contribution is 5.41. The summed E-state index contributed by atoms with van der Waals surface area (Å²) >= 11 is 0. The molecule has 1 aromatic rings. The van der Waals surface area contributed by atoms with Gasteiger partial charge >= 0.3 is 0 Å². The van der Waals surface area contributed by atoms with Crippen molar-refractivity contribution < 1.29 is 9.84 Å². The molecule has 3 atom stereocenters. The maximum absolute atomic E-state index is 10.1. The highest BCUT2D eigenvalue weighted by Gasteiger charge is 2.22. The lowest BCUT2D eigenvalue weighted by Crippen LogP contribution is -2.24. The minimum absolute atomic E-state index is 0.314. The van der Waals surface area contributed by atoms with Gasteiger partial charge in [-0.05, 0) is 36.5 Å². The van der Waals surface area contributed by atoms with Crippen LogP contribution >= 0.6 is 0 Å². The SMILES string of the molecule is CCC1CCCC(OCC(O)c2cccc(N)c2)C1. The van der Waals surface area contributed by atoms with Gasteiger partial charge in [0.1, 0.15) is 6.10 Å². The van der Waals surface area contributed by atoms with Crippen LogP contribution in [0.5, 0.6) is 0 Å². The molecule has 1 saturated carbocycles. The Kier molecular flexibility index (Phi) is 5.23. The van der Waals surface area contributed by atoms with Crippen LogP contribution in [0.3, 0.4) is 0 Å². The van der Waals surface area contributed by atoms with E-state index in [-0.39, 0.29) is 0 Å². The summed E-state index contributed by atoms with van der Waals surface area (Å²) < 4.78 is 5.88. The molecule has 0 aliphatic heterocycles. The van der Waals surface area contributed by atoms with Gasteiger partial charge in [-0.15, -0.1) is 0 Å². The number of aliphatic hydroxyl groups excluding tert-OH is 1. The zero-order valence-corrected chi connectivity index (χ0v) is 11.7. The van der Waals surface area contributed by atoms with Gasteiger partial charge in [0.25, 0.3) is 0 Å². The Balaban J connectivity index is 1.81. The van der Waals surface area contributed by atoms with Crippen LogP contribution in [0, 0.1) is 5.92 Å². The first-order valence-electron chi connectivity index (χ1n) is 7.34. The van der Waals surface area contributed by atoms with Crippen molar-refractivity contribution in [3.63, 3.8) is 0 Å². The molecule has 106 valence electrons. The van der Waals surface area contributed by atoms with Crippen LogP contribution in [0.15, 0.2) is 24.3 Å². The first-order chi connectivity index (χ1) is 9.19. The van der Waals surface area contributed by atoms with Gasteiger partial charge < -0.3 is 15.6 Å². The molecule has 3 nitrogen and oxygen atoms in total. The molecule has 1 fully saturated rings. The minimum atomic E-state index is -0.578. The molecule has 0 amide bonds. The fourth-order valence-electron chi connectivity index (χ4n) is 2.85. The zero-order chi connectivity index (χ0) is 13.7. The summed E-state index contributed by atoms with van der Waals surface area (Å²) in [5.74, 6) is 0.795. The molecule has 0 heterocycles. The van der Waals surface area contributed by atoms with Crippen molar-refractivity contribution in [2.75, 3.05) is 12.3 Å². The normalized spacial score (nSPS) is 25.2. The number of aliphatic hydroxyl groups is 1. The van der Waals surface area contributed by atoms with E-state index in [2.05, 4.69) is 6.92 Å². The summed E-state index contributed by atoms with van der Waals surface area (Å²) in [4.78, 5) is 0. The van der Waals surface area contributed by atoms with E-state index in [0.717, 1.165) is 24.3 Å². The average Bonchev–Trinajstić information content (AvgIpc) is 2.45. The van der Waals surface area contributed by atoms with Gasteiger partial charge in [0, 0.05) is 5.69 Å². The second-order valence-corrected chi connectivity index (χ2v) is 5.58. The number of nitrogens with two attached hydrogens (primary N) is 1. The van der Waals surface area contributed by atoms with E-state index >= 15 is 0 Å². The number of benzene rings is 1. The maximum Gasteiger partial charge on any atom is 0.102 e. The average molecular weight is 263 g/mol. The maximum atomic E-state index is 10.1. The van der Waals surface area contributed by atoms with Gasteiger partial charge in [0.15, 0.2) is 0 Å². The molecule has 19 heavy (non-hydrogen) atoms. The van der Waals surface area contributed by atoms with E-state index in [1.165, 1.54) is 19.3 Å². The third-order valence-corrected chi connectivity index (χ3v) is 4.10. The Morgan fingerprint density at radius 2 is 2.26 bits per heavy atom. The van der Waals surface area contributed by atoms with Crippen molar-refractivity contribution >= 4 is 5.69 Å². The molecular weight excluding hydrogens is 238 g/mol. The molecule has 0 bridgehead atoms. The summed E-state index contributed by atoms with van der Waals surface area (Å²) in [5, 5.41) is 10.1. The number of hydrogen-bond acceptors (Lipinski definition) is 3. The Labute approximate surface area is 115 Å². The molecule has 3 N–H and O–H groups in total. The van der Waals surface area contributed by atoms with Gasteiger partial charge in [0.2, 0.25) is 0 Å². The lowest BCUT2D eigenvalue weighted by molar-refractivity contribution is -0.0339. The Hall–Kier alpha value is -1.06. The Morgan fingerprint density at radius 3 is 3.00 bits per heavy atom. The van der Waals surface area contributed by atoms with E-state index in [4.69, 9.17) is 10.5 Å². The highest BCUT2D eigenvalue weighted by Crippen LogP contribution is 2.29. The standard InChI is InChI=1S/C16H25NO2/c1-2-12-5-3-8-15(9-12)19-11-16(18)13-6-4-7-14(17)10-13/h4,6-7,10,12,15-16,18H,2-3,5,8-9,11,17H2,1H3. The van der Waals surface area contributed by atoms with Gasteiger partial charge in [-0.2, -0.15) is 0 Å². The van der Waals surface area contributed by atoms with Crippen LogP contribution in [0.25, 0.3) is 0 Å². The van der Waals surface area contributed by atoms with E-state index < -0.39 is 6.10 Å². The fourth-order valence-corrected chi connectivity index (χ4v) is 2.85. The van der Waals surface area contributed by atoms with Crippen LogP contribution in [0.2, 0.25) is 0 Å². The molecule has 0 radical (unpaired) electrons. The van der Waals surface area contributed by atoms with Crippen LogP contribution in [0.1, 0.15) is 50.7 Å². The summed E-state index contributed by atoms with van der Waals surface area (Å²) in [6.07, 6.45) is 5.81. The minimum Gasteiger partial charge on any atom is -0.399 e. The molecule has 1 aliphatic carbocycles. The van der Waals surface area contributed by atoms with E-state index in [0.29, 0.717) is 18.4 Å². The van der Waals surface area contributed by atoms with Crippen LogP contribution in [0.4, 0.5) is 5.69 Å². The summed E-state index contributed by atoms with van der Waals surface area (Å²) in [6, 6.07) is 7.38. The van der Waals surface area contributed by atoms with E-state index in [9.17, 15) is 5.11 Å². The summed E-state index contributed by atoms with van der Waals surface area (Å²) in [7, 11) is 0. The smallest absolute Gasteiger partial charge is 0.102 e. The molecule has 1 aliphatic rings. The number of nitrogen functional groups attached to an aromatic ring is 1. The molecule has 0 spiro atoms. The Morgan fingerprint density at radius 1 is 1.42 bits per heavy atom. The summed E-state index contributed by atoms with van der Waals surface area (Å²) in [6.45, 7) is 2.61. The molecule has 1 aromatic carbocycles. The van der Waals surface area contributed by atoms with Gasteiger partial charge in [0.05, 0.1) is 12.7 Å². The second-order valence-electron chi connectivity index (χ2n) is 5.58. The third-order valence-electron chi connectivity index (χ3n) is 4.10. The first-order valence-corrected chi connectivity index (χ1v) is 7.34. The molecule has 0 saturated heterocycles. The van der Waals surface area contributed by atoms with Gasteiger partial charge in [-0.1, -0.05) is 38.3 Å². The highest BCUT2D eigenvalue weighted by atomic mass is 16.5. The Bertz CT molecular complexity index is 394. The molecule has 3 unspecified atom stereocenters. The van der Waals surface area contributed by atoms with E-state index in [1.807, 2.05) is 24.3 Å². The monoisotopic (exact) mass is 263 g/mol. The van der Waals surface area contributed by atoms with Crippen molar-refractivity contribution in [1.82, 2.24) is 0 Å². The predicted octanol–water partition coefficient (Wildman–Crippen LogP) is 3.29. The van der Waals surface area contributed by atoms with Crippen LogP contribution in [-0.4, -0.2) is 17.8 Å². The van der Waals surface area contributed by atoms with E-state index in [1.54, 1.807) is 0 Å². The topological polar surface area (TPSA) is 55.5 Å². The van der Waals surface area contributed by atoms with Crippen molar-refractivity contribution in [3.8, 4) is 0 Å². The quantitative estimate of drug-likeness (QED) is 0.801. The van der Waals surface area contributed by atoms with Crippen molar-refractivity contribution in [2.45, 2.75) is 51.2 Å². The number of hydrogen-bond donors (Lipinski definition) is 2. The van der Waals surface area contributed by atoms with Crippen molar-refractivity contribution in [3.05, 3.63) is 29.8 Å². The van der Waals surface area contributed by atoms with Gasteiger partial charge in [-0.3, -0.25) is 0 Å². The first kappa shape index (κ1) is 14.4. The number of rotatable bonds is 5. The van der Waals surface area contributed by atoms with Gasteiger partial charge in [-0.25, -0.2) is 0 Å². The third kappa shape index (κ3) is 4.22. The zero-order valence-electron chi connectivity index (χ0n) is 11.7. The molecule has 3 heteroatoms. The predicted molar refractivity (Wildman–Crippen MR) is 77.8 cm³/mol. The fraction of sp³-hybridized carbons (Fsp3) is 0.625. The lowest BCUT2D eigenvalue weighted by Gasteiger charge is -2.29. The molecule has 2 rings (SSSR count). The number of ether oxygens (including phenoxy) is 1. The largest absolute Gasteiger partial charge is 0.399 e.